The van der Waals surface area contributed by atoms with E-state index in [1.54, 1.807) is 15.4 Å². The maximum atomic E-state index is 12.0. The van der Waals surface area contributed by atoms with Crippen molar-refractivity contribution in [1.82, 2.24) is 34.7 Å². The van der Waals surface area contributed by atoms with Gasteiger partial charge in [-0.1, -0.05) is 12.1 Å². The van der Waals surface area contributed by atoms with Gasteiger partial charge >= 0.3 is 0 Å². The number of aromatic nitrogens is 6. The summed E-state index contributed by atoms with van der Waals surface area (Å²) in [5.74, 6) is 1.04. The Balaban J connectivity index is 1.71. The first-order valence-corrected chi connectivity index (χ1v) is 8.38. The molecule has 4 aromatic rings. The minimum absolute atomic E-state index is 0.0271. The van der Waals surface area contributed by atoms with E-state index in [1.165, 1.54) is 0 Å². The number of anilines is 1. The molecule has 9 nitrogen and oxygen atoms in total. The highest BCUT2D eigenvalue weighted by molar-refractivity contribution is 5.93. The summed E-state index contributed by atoms with van der Waals surface area (Å²) in [4.78, 5) is 21.3. The molecule has 26 heavy (non-hydrogen) atoms. The van der Waals surface area contributed by atoms with Crippen molar-refractivity contribution in [3.63, 3.8) is 0 Å². The molecule has 1 amide bonds. The molecule has 1 aromatic carbocycles. The second-order valence-electron chi connectivity index (χ2n) is 6.30. The van der Waals surface area contributed by atoms with E-state index < -0.39 is 0 Å². The van der Waals surface area contributed by atoms with Crippen LogP contribution in [0.15, 0.2) is 36.7 Å². The van der Waals surface area contributed by atoms with Crippen molar-refractivity contribution >= 4 is 28.4 Å². The number of fused-ring (bicyclic) bond motifs is 3. The number of nitrogens with zero attached hydrogens (tertiary/aromatic N) is 6. The zero-order valence-electron chi connectivity index (χ0n) is 14.0. The van der Waals surface area contributed by atoms with Gasteiger partial charge in [0.05, 0.1) is 17.3 Å². The van der Waals surface area contributed by atoms with Gasteiger partial charge in [-0.25, -0.2) is 9.97 Å². The average molecular weight is 348 g/mol. The second-order valence-corrected chi connectivity index (χ2v) is 6.30. The fourth-order valence-corrected chi connectivity index (χ4v) is 3.20. The number of para-hydroxylation sites is 1. The molecule has 0 aliphatic carbocycles. The molecule has 0 unspecified atom stereocenters. The van der Waals surface area contributed by atoms with Crippen molar-refractivity contribution in [2.75, 3.05) is 11.9 Å². The van der Waals surface area contributed by atoms with Gasteiger partial charge in [-0.3, -0.25) is 9.48 Å². The number of carbonyl (C=O) groups excluding carboxylic acids is 1. The molecule has 0 spiro atoms. The predicted octanol–water partition coefficient (Wildman–Crippen LogP) is 0.978. The molecule has 1 aliphatic rings. The number of benzene rings is 1. The van der Waals surface area contributed by atoms with E-state index in [0.717, 1.165) is 16.5 Å². The Morgan fingerprint density at radius 1 is 1.27 bits per heavy atom. The van der Waals surface area contributed by atoms with Gasteiger partial charge in [-0.05, 0) is 18.6 Å². The van der Waals surface area contributed by atoms with Crippen LogP contribution in [-0.4, -0.2) is 47.9 Å². The number of nitrogens with one attached hydrogen (secondary N) is 2. The highest BCUT2D eigenvalue weighted by Gasteiger charge is 2.26. The van der Waals surface area contributed by atoms with Gasteiger partial charge in [0.15, 0.2) is 11.5 Å². The number of aryl methyl sites for hydroxylation is 1. The summed E-state index contributed by atoms with van der Waals surface area (Å²) in [5, 5.41) is 15.7. The van der Waals surface area contributed by atoms with Crippen molar-refractivity contribution in [3.8, 4) is 11.4 Å². The van der Waals surface area contributed by atoms with Crippen LogP contribution >= 0.6 is 0 Å². The van der Waals surface area contributed by atoms with E-state index in [1.807, 2.05) is 37.5 Å². The van der Waals surface area contributed by atoms with Crippen molar-refractivity contribution in [3.05, 3.63) is 36.7 Å². The van der Waals surface area contributed by atoms with Crippen LogP contribution in [-0.2, 0) is 11.8 Å². The van der Waals surface area contributed by atoms with Crippen LogP contribution in [0.5, 0.6) is 0 Å². The molecule has 3 aromatic heterocycles. The molecule has 130 valence electrons. The lowest BCUT2D eigenvalue weighted by atomic mass is 10.2. The molecule has 1 fully saturated rings. The number of hydrogen-bond acceptors (Lipinski definition) is 6. The maximum absolute atomic E-state index is 12.0. The van der Waals surface area contributed by atoms with Gasteiger partial charge < -0.3 is 10.6 Å². The quantitative estimate of drug-likeness (QED) is 0.572. The van der Waals surface area contributed by atoms with Gasteiger partial charge in [0.1, 0.15) is 6.04 Å². The molecule has 5 rings (SSSR count). The molecule has 9 heteroatoms. The lowest BCUT2D eigenvalue weighted by molar-refractivity contribution is -0.119. The van der Waals surface area contributed by atoms with Crippen molar-refractivity contribution < 1.29 is 4.79 Å². The molecule has 1 aliphatic heterocycles. The molecule has 0 radical (unpaired) electrons. The Bertz CT molecular complexity index is 1140. The summed E-state index contributed by atoms with van der Waals surface area (Å²) in [6.45, 7) is 0.658. The Hall–Kier alpha value is -3.49. The summed E-state index contributed by atoms with van der Waals surface area (Å²) < 4.78 is 3.37. The summed E-state index contributed by atoms with van der Waals surface area (Å²) in [6.07, 6.45) is 4.29. The molecule has 4 heterocycles. The van der Waals surface area contributed by atoms with Gasteiger partial charge in [-0.15, -0.1) is 5.10 Å². The maximum Gasteiger partial charge on any atom is 0.242 e. The van der Waals surface area contributed by atoms with Crippen LogP contribution in [0.25, 0.3) is 27.9 Å². The summed E-state index contributed by atoms with van der Waals surface area (Å²) in [7, 11) is 1.85. The predicted molar refractivity (Wildman–Crippen MR) is 95.5 cm³/mol. The largest absolute Gasteiger partial charge is 0.354 e. The number of hydrogen-bond donors (Lipinski definition) is 2. The van der Waals surface area contributed by atoms with Gasteiger partial charge in [0.2, 0.25) is 11.9 Å². The topological polar surface area (TPSA) is 102 Å². The zero-order valence-corrected chi connectivity index (χ0v) is 14.0. The normalized spacial score (nSPS) is 17.1. The van der Waals surface area contributed by atoms with Crippen molar-refractivity contribution in [1.29, 1.82) is 0 Å². The van der Waals surface area contributed by atoms with E-state index in [2.05, 4.69) is 25.8 Å². The Kier molecular flexibility index (Phi) is 3.14. The van der Waals surface area contributed by atoms with Gasteiger partial charge in [0.25, 0.3) is 0 Å². The highest BCUT2D eigenvalue weighted by atomic mass is 16.2. The van der Waals surface area contributed by atoms with Crippen LogP contribution in [0.3, 0.4) is 0 Å². The van der Waals surface area contributed by atoms with E-state index in [0.29, 0.717) is 30.4 Å². The smallest absolute Gasteiger partial charge is 0.242 e. The first kappa shape index (κ1) is 14.8. The third-order valence-corrected chi connectivity index (χ3v) is 4.49. The number of carbonyl (C=O) groups is 1. The van der Waals surface area contributed by atoms with Crippen LogP contribution in [0, 0.1) is 0 Å². The van der Waals surface area contributed by atoms with E-state index in [9.17, 15) is 4.79 Å². The third kappa shape index (κ3) is 2.28. The Morgan fingerprint density at radius 2 is 2.15 bits per heavy atom. The molecule has 0 bridgehead atoms. The summed E-state index contributed by atoms with van der Waals surface area (Å²) >= 11 is 0. The Morgan fingerprint density at radius 3 is 2.92 bits per heavy atom. The minimum Gasteiger partial charge on any atom is -0.354 e. The first-order valence-electron chi connectivity index (χ1n) is 8.38. The third-order valence-electron chi connectivity index (χ3n) is 4.49. The standard InChI is InChI=1S/C17H16N8O/c1-24-9-10(8-19-24)14-22-15-11-4-2-3-5-12(11)20-17(25(15)23-14)21-13-6-7-18-16(13)26/h2-5,8-9,13H,6-7H2,1H3,(H,18,26)(H,20,21)/t13-/m1/s1. The van der Waals surface area contributed by atoms with Crippen molar-refractivity contribution in [2.45, 2.75) is 12.5 Å². The lowest BCUT2D eigenvalue weighted by Crippen LogP contribution is -2.30. The average Bonchev–Trinajstić information content (AvgIpc) is 3.35. The molecular formula is C17H16N8O. The first-order chi connectivity index (χ1) is 12.7. The van der Waals surface area contributed by atoms with Crippen molar-refractivity contribution in [2.24, 2.45) is 7.05 Å². The number of rotatable bonds is 3. The molecule has 0 saturated carbocycles. The summed E-state index contributed by atoms with van der Waals surface area (Å²) in [6, 6.07) is 7.44. The SMILES string of the molecule is Cn1cc(-c2nc3c4ccccc4nc(N[C@@H]4CCNC4=O)n3n2)cn1. The van der Waals surface area contributed by atoms with E-state index >= 15 is 0 Å². The van der Waals surface area contributed by atoms with Crippen LogP contribution in [0.4, 0.5) is 5.95 Å². The van der Waals surface area contributed by atoms with Crippen LogP contribution in [0.2, 0.25) is 0 Å². The van der Waals surface area contributed by atoms with Crippen LogP contribution < -0.4 is 10.6 Å². The monoisotopic (exact) mass is 348 g/mol. The Labute approximate surface area is 148 Å². The van der Waals surface area contributed by atoms with Gasteiger partial charge in [0, 0.05) is 25.2 Å². The molecular weight excluding hydrogens is 332 g/mol. The minimum atomic E-state index is -0.321. The molecule has 2 N–H and O–H groups in total. The lowest BCUT2D eigenvalue weighted by Gasteiger charge is -2.12. The van der Waals surface area contributed by atoms with Gasteiger partial charge in [-0.2, -0.15) is 9.61 Å². The van der Waals surface area contributed by atoms with Crippen LogP contribution in [0.1, 0.15) is 6.42 Å². The second kappa shape index (κ2) is 5.51. The molecule has 1 saturated heterocycles. The fourth-order valence-electron chi connectivity index (χ4n) is 3.20. The zero-order chi connectivity index (χ0) is 17.7. The van der Waals surface area contributed by atoms with E-state index in [4.69, 9.17) is 4.98 Å². The van der Waals surface area contributed by atoms with E-state index in [-0.39, 0.29) is 11.9 Å². The molecule has 1 atom stereocenters. The highest BCUT2D eigenvalue weighted by Crippen LogP contribution is 2.24. The number of amides is 1. The summed E-state index contributed by atoms with van der Waals surface area (Å²) in [5.41, 5.74) is 2.31. The fraction of sp³-hybridized carbons (Fsp3) is 0.235.